The van der Waals surface area contributed by atoms with Gasteiger partial charge in [0.1, 0.15) is 0 Å². The zero-order valence-electron chi connectivity index (χ0n) is 16.1. The molecule has 0 aromatic heterocycles. The third kappa shape index (κ3) is 2.68. The lowest BCUT2D eigenvalue weighted by atomic mass is 9.54. The van der Waals surface area contributed by atoms with Crippen LogP contribution in [0.5, 0.6) is 0 Å². The number of fused-ring (bicyclic) bond motifs is 2. The molecule has 3 heteroatoms. The second-order valence-electron chi connectivity index (χ2n) is 9.29. The van der Waals surface area contributed by atoms with Gasteiger partial charge in [-0.15, -0.1) is 0 Å². The lowest BCUT2D eigenvalue weighted by Gasteiger charge is -2.53. The number of nitrogens with zero attached hydrogens (tertiary/aromatic N) is 1. The molecule has 4 bridgehead atoms. The van der Waals surface area contributed by atoms with Crippen LogP contribution in [0.15, 0.2) is 59.6 Å². The summed E-state index contributed by atoms with van der Waals surface area (Å²) in [4.78, 5) is 5.02. The fraction of sp³-hybridized carbons (Fsp3) is 0.400. The number of guanidine groups is 1. The van der Waals surface area contributed by atoms with Crippen molar-refractivity contribution in [1.82, 2.24) is 0 Å². The summed E-state index contributed by atoms with van der Waals surface area (Å²) in [6, 6.07) is 19.8. The summed E-state index contributed by atoms with van der Waals surface area (Å²) in [7, 11) is 0. The summed E-state index contributed by atoms with van der Waals surface area (Å²) < 4.78 is 0. The van der Waals surface area contributed by atoms with E-state index in [1.807, 2.05) is 0 Å². The Hall–Kier alpha value is -2.55. The maximum Gasteiger partial charge on any atom is 0.193 e. The minimum absolute atomic E-state index is 0.427. The summed E-state index contributed by atoms with van der Waals surface area (Å²) >= 11 is 0. The number of hydrogen-bond acceptors (Lipinski definition) is 1. The first kappa shape index (κ1) is 16.4. The van der Waals surface area contributed by atoms with E-state index in [0.717, 1.165) is 29.4 Å². The Bertz CT molecular complexity index is 1060. The molecule has 0 heterocycles. The highest BCUT2D eigenvalue weighted by atomic mass is 15.1. The summed E-state index contributed by atoms with van der Waals surface area (Å²) in [6.07, 6.45) is 6.95. The van der Waals surface area contributed by atoms with E-state index in [1.54, 1.807) is 0 Å². The van der Waals surface area contributed by atoms with Crippen LogP contribution in [0.1, 0.15) is 32.1 Å². The number of hydrogen-bond donors (Lipinski definition) is 2. The second kappa shape index (κ2) is 6.23. The summed E-state index contributed by atoms with van der Waals surface area (Å²) in [6.45, 7) is 0. The number of rotatable bonds is 2. The van der Waals surface area contributed by atoms with E-state index in [-0.39, 0.29) is 0 Å². The molecule has 0 amide bonds. The molecule has 0 saturated heterocycles. The van der Waals surface area contributed by atoms with Gasteiger partial charge in [-0.1, -0.05) is 36.4 Å². The standard InChI is InChI=1S/C25H27N3/c26-25(28-24-20-9-15-8-16(11-20)12-21(24)10-15)27-23-7-3-6-19-13-17-4-1-2-5-18(17)14-22(19)23/h1-7,13-16,20-21,24H,8-12H2,(H3,26,27,28). The Labute approximate surface area is 166 Å². The molecule has 0 unspecified atom stereocenters. The van der Waals surface area contributed by atoms with Gasteiger partial charge >= 0.3 is 0 Å². The topological polar surface area (TPSA) is 50.4 Å². The molecule has 3 aromatic rings. The van der Waals surface area contributed by atoms with Gasteiger partial charge in [0, 0.05) is 11.1 Å². The number of nitrogens with one attached hydrogen (secondary N) is 1. The van der Waals surface area contributed by atoms with E-state index >= 15 is 0 Å². The molecule has 0 aliphatic heterocycles. The first-order valence-corrected chi connectivity index (χ1v) is 10.7. The van der Waals surface area contributed by atoms with Gasteiger partial charge in [0.05, 0.1) is 6.04 Å². The molecular formula is C25H27N3. The van der Waals surface area contributed by atoms with Gasteiger partial charge in [0.15, 0.2) is 5.96 Å². The van der Waals surface area contributed by atoms with Crippen molar-refractivity contribution in [2.75, 3.05) is 5.32 Å². The summed E-state index contributed by atoms with van der Waals surface area (Å²) in [5.74, 6) is 4.03. The zero-order chi connectivity index (χ0) is 18.7. The number of benzene rings is 3. The van der Waals surface area contributed by atoms with Crippen molar-refractivity contribution in [1.29, 1.82) is 0 Å². The third-order valence-electron chi connectivity index (χ3n) is 7.47. The fourth-order valence-electron chi connectivity index (χ4n) is 6.51. The molecule has 4 fully saturated rings. The highest BCUT2D eigenvalue weighted by Crippen LogP contribution is 2.54. The van der Waals surface area contributed by atoms with Gasteiger partial charge in [-0.3, -0.25) is 0 Å². The van der Waals surface area contributed by atoms with Crippen molar-refractivity contribution in [3.05, 3.63) is 54.6 Å². The summed E-state index contributed by atoms with van der Waals surface area (Å²) in [5.41, 5.74) is 7.48. The normalized spacial score (nSPS) is 31.6. The first-order chi connectivity index (χ1) is 13.7. The molecule has 142 valence electrons. The van der Waals surface area contributed by atoms with Gasteiger partial charge < -0.3 is 11.1 Å². The average molecular weight is 370 g/mol. The monoisotopic (exact) mass is 369 g/mol. The van der Waals surface area contributed by atoms with Crippen molar-refractivity contribution in [3.63, 3.8) is 0 Å². The molecule has 3 nitrogen and oxygen atoms in total. The SMILES string of the molecule is NC(=NC1C2CC3CC(C2)CC1C3)Nc1cccc2cc3ccccc3cc12. The molecule has 0 spiro atoms. The highest BCUT2D eigenvalue weighted by molar-refractivity contribution is 6.07. The molecular weight excluding hydrogens is 342 g/mol. The molecule has 3 aromatic carbocycles. The van der Waals surface area contributed by atoms with Crippen LogP contribution in [0, 0.1) is 23.7 Å². The molecule has 7 rings (SSSR count). The number of aliphatic imine (C=N–C) groups is 1. The molecule has 4 aliphatic carbocycles. The van der Waals surface area contributed by atoms with Crippen molar-refractivity contribution in [2.24, 2.45) is 34.4 Å². The van der Waals surface area contributed by atoms with E-state index in [0.29, 0.717) is 12.0 Å². The van der Waals surface area contributed by atoms with Crippen LogP contribution in [0.3, 0.4) is 0 Å². The Morgan fingerprint density at radius 2 is 1.43 bits per heavy atom. The predicted molar refractivity (Wildman–Crippen MR) is 118 cm³/mol. The Balaban J connectivity index is 1.32. The van der Waals surface area contributed by atoms with E-state index in [2.05, 4.69) is 59.9 Å². The highest BCUT2D eigenvalue weighted by Gasteiger charge is 2.48. The van der Waals surface area contributed by atoms with Crippen LogP contribution in [0.4, 0.5) is 5.69 Å². The smallest absolute Gasteiger partial charge is 0.193 e. The maximum absolute atomic E-state index is 6.43. The number of nitrogens with two attached hydrogens (primary N) is 1. The molecule has 0 atom stereocenters. The minimum atomic E-state index is 0.427. The third-order valence-corrected chi connectivity index (χ3v) is 7.47. The molecule has 3 N–H and O–H groups in total. The molecule has 4 saturated carbocycles. The van der Waals surface area contributed by atoms with E-state index in [1.165, 1.54) is 53.6 Å². The first-order valence-electron chi connectivity index (χ1n) is 10.7. The predicted octanol–water partition coefficient (Wildman–Crippen LogP) is 5.54. The van der Waals surface area contributed by atoms with Crippen LogP contribution in [0.2, 0.25) is 0 Å². The van der Waals surface area contributed by atoms with Crippen LogP contribution >= 0.6 is 0 Å². The minimum Gasteiger partial charge on any atom is -0.370 e. The van der Waals surface area contributed by atoms with Crippen molar-refractivity contribution >= 4 is 33.2 Å². The van der Waals surface area contributed by atoms with Gasteiger partial charge in [-0.05, 0) is 90.1 Å². The Kier molecular flexibility index (Phi) is 3.65. The lowest BCUT2D eigenvalue weighted by Crippen LogP contribution is -2.48. The van der Waals surface area contributed by atoms with Crippen LogP contribution < -0.4 is 11.1 Å². The van der Waals surface area contributed by atoms with E-state index < -0.39 is 0 Å². The van der Waals surface area contributed by atoms with Gasteiger partial charge in [0.25, 0.3) is 0 Å². The van der Waals surface area contributed by atoms with Crippen molar-refractivity contribution in [3.8, 4) is 0 Å². The fourth-order valence-corrected chi connectivity index (χ4v) is 6.51. The van der Waals surface area contributed by atoms with Gasteiger partial charge in [0.2, 0.25) is 0 Å². The second-order valence-corrected chi connectivity index (χ2v) is 9.29. The number of anilines is 1. The quantitative estimate of drug-likeness (QED) is 0.354. The molecule has 0 radical (unpaired) electrons. The Morgan fingerprint density at radius 3 is 2.14 bits per heavy atom. The van der Waals surface area contributed by atoms with Crippen LogP contribution in [-0.2, 0) is 0 Å². The van der Waals surface area contributed by atoms with Gasteiger partial charge in [-0.2, -0.15) is 0 Å². The van der Waals surface area contributed by atoms with Crippen molar-refractivity contribution < 1.29 is 0 Å². The van der Waals surface area contributed by atoms with E-state index in [4.69, 9.17) is 10.7 Å². The lowest BCUT2D eigenvalue weighted by molar-refractivity contribution is 0.00124. The van der Waals surface area contributed by atoms with Crippen LogP contribution in [-0.4, -0.2) is 12.0 Å². The maximum atomic E-state index is 6.43. The summed E-state index contributed by atoms with van der Waals surface area (Å²) in [5, 5.41) is 8.38. The average Bonchev–Trinajstić information content (AvgIpc) is 2.69. The van der Waals surface area contributed by atoms with E-state index in [9.17, 15) is 0 Å². The van der Waals surface area contributed by atoms with Gasteiger partial charge in [-0.25, -0.2) is 4.99 Å². The Morgan fingerprint density at radius 1 is 0.786 bits per heavy atom. The van der Waals surface area contributed by atoms with Crippen molar-refractivity contribution in [2.45, 2.75) is 38.1 Å². The largest absolute Gasteiger partial charge is 0.370 e. The zero-order valence-corrected chi connectivity index (χ0v) is 16.1. The molecule has 4 aliphatic rings. The van der Waals surface area contributed by atoms with Crippen LogP contribution in [0.25, 0.3) is 21.5 Å². The molecule has 28 heavy (non-hydrogen) atoms.